The van der Waals surface area contributed by atoms with E-state index in [0.29, 0.717) is 21.7 Å². The highest BCUT2D eigenvalue weighted by Gasteiger charge is 2.11. The molecule has 3 rings (SSSR count). The number of halogens is 3. The molecule has 100 valence electrons. The van der Waals surface area contributed by atoms with Crippen LogP contribution >= 0.6 is 39.1 Å². The second kappa shape index (κ2) is 5.20. The van der Waals surface area contributed by atoms with E-state index in [-0.39, 0.29) is 0 Å². The Balaban J connectivity index is 2.24. The first-order chi connectivity index (χ1) is 9.54. The number of nitrogen functional groups attached to an aromatic ring is 1. The third kappa shape index (κ3) is 2.46. The summed E-state index contributed by atoms with van der Waals surface area (Å²) in [4.78, 5) is 8.80. The van der Waals surface area contributed by atoms with Crippen LogP contribution in [-0.2, 0) is 0 Å². The second-order valence-electron chi connectivity index (χ2n) is 4.22. The monoisotopic (exact) mass is 367 g/mol. The van der Waals surface area contributed by atoms with Gasteiger partial charge < -0.3 is 5.73 Å². The van der Waals surface area contributed by atoms with Crippen LogP contribution in [0.3, 0.4) is 0 Å². The zero-order chi connectivity index (χ0) is 14.3. The number of nitrogens with two attached hydrogens (primary N) is 1. The summed E-state index contributed by atoms with van der Waals surface area (Å²) in [5.41, 5.74) is 7.45. The van der Waals surface area contributed by atoms with Crippen LogP contribution in [0, 0.1) is 0 Å². The minimum atomic E-state index is 0.381. The first-order valence-corrected chi connectivity index (χ1v) is 7.28. The van der Waals surface area contributed by atoms with Gasteiger partial charge in [-0.2, -0.15) is 0 Å². The number of benzene rings is 2. The van der Waals surface area contributed by atoms with Crippen LogP contribution in [0.5, 0.6) is 0 Å². The van der Waals surface area contributed by atoms with E-state index in [2.05, 4.69) is 25.9 Å². The van der Waals surface area contributed by atoms with E-state index < -0.39 is 0 Å². The molecule has 0 saturated heterocycles. The molecule has 0 aliphatic heterocycles. The molecular weight excluding hydrogens is 361 g/mol. The molecule has 0 atom stereocenters. The average Bonchev–Trinajstić information content (AvgIpc) is 2.39. The molecule has 3 aromatic rings. The molecule has 0 amide bonds. The van der Waals surface area contributed by atoms with E-state index in [9.17, 15) is 0 Å². The molecular formula is C14H8BrCl2N3. The first-order valence-electron chi connectivity index (χ1n) is 5.73. The fraction of sp³-hybridized carbons (Fsp3) is 0. The molecule has 1 heterocycles. The van der Waals surface area contributed by atoms with Crippen molar-refractivity contribution in [1.82, 2.24) is 9.97 Å². The zero-order valence-corrected chi connectivity index (χ0v) is 13.2. The average molecular weight is 369 g/mol. The maximum atomic E-state index is 6.22. The molecule has 0 saturated carbocycles. The highest BCUT2D eigenvalue weighted by atomic mass is 79.9. The lowest BCUT2D eigenvalue weighted by Crippen LogP contribution is -1.98. The molecule has 0 unspecified atom stereocenters. The van der Waals surface area contributed by atoms with Crippen molar-refractivity contribution in [2.45, 2.75) is 0 Å². The lowest BCUT2D eigenvalue weighted by atomic mass is 10.2. The van der Waals surface area contributed by atoms with Gasteiger partial charge in [-0.05, 0) is 36.4 Å². The number of nitrogens with zero attached hydrogens (tertiary/aromatic N) is 2. The first kappa shape index (κ1) is 13.6. The van der Waals surface area contributed by atoms with Crippen LogP contribution in [0.2, 0.25) is 10.0 Å². The quantitative estimate of drug-likeness (QED) is 0.661. The molecule has 3 nitrogen and oxygen atoms in total. The summed E-state index contributed by atoms with van der Waals surface area (Å²) >= 11 is 15.5. The lowest BCUT2D eigenvalue weighted by Gasteiger charge is -2.07. The van der Waals surface area contributed by atoms with Crippen LogP contribution in [0.1, 0.15) is 0 Å². The predicted molar refractivity (Wildman–Crippen MR) is 87.1 cm³/mol. The van der Waals surface area contributed by atoms with Crippen LogP contribution in [-0.4, -0.2) is 9.97 Å². The summed E-state index contributed by atoms with van der Waals surface area (Å²) in [7, 11) is 0. The third-order valence-corrected chi connectivity index (χ3v) is 3.90. The molecule has 0 aliphatic rings. The maximum absolute atomic E-state index is 6.22. The number of aromatic nitrogens is 2. The normalized spacial score (nSPS) is 10.9. The molecule has 20 heavy (non-hydrogen) atoms. The SMILES string of the molecule is Nc1nc(-c2ccc(Br)cc2Cl)nc2ccc(Cl)cc12. The van der Waals surface area contributed by atoms with Gasteiger partial charge in [-0.15, -0.1) is 0 Å². The number of anilines is 1. The standard InChI is InChI=1S/C14H8BrCl2N3/c15-7-1-3-9(11(17)5-7)14-19-12-4-2-8(16)6-10(12)13(18)20-14/h1-6H,(H2,18,19,20). The number of hydrogen-bond donors (Lipinski definition) is 1. The van der Waals surface area contributed by atoms with Gasteiger partial charge in [-0.1, -0.05) is 39.1 Å². The molecule has 0 radical (unpaired) electrons. The molecule has 0 fully saturated rings. The summed E-state index contributed by atoms with van der Waals surface area (Å²) < 4.78 is 0.895. The Hall–Kier alpha value is -1.36. The van der Waals surface area contributed by atoms with Crippen LogP contribution < -0.4 is 5.73 Å². The summed E-state index contributed by atoms with van der Waals surface area (Å²) in [6, 6.07) is 10.9. The molecule has 2 aromatic carbocycles. The highest BCUT2D eigenvalue weighted by molar-refractivity contribution is 9.10. The van der Waals surface area contributed by atoms with Crippen molar-refractivity contribution < 1.29 is 0 Å². The van der Waals surface area contributed by atoms with E-state index in [1.54, 1.807) is 18.2 Å². The van der Waals surface area contributed by atoms with Crippen LogP contribution in [0.15, 0.2) is 40.9 Å². The Morgan fingerprint density at radius 1 is 1.00 bits per heavy atom. The predicted octanol–water partition coefficient (Wildman–Crippen LogP) is 4.95. The fourth-order valence-corrected chi connectivity index (χ4v) is 2.85. The van der Waals surface area contributed by atoms with Gasteiger partial charge >= 0.3 is 0 Å². The Morgan fingerprint density at radius 3 is 2.55 bits per heavy atom. The Kier molecular flexibility index (Phi) is 3.54. The third-order valence-electron chi connectivity index (χ3n) is 2.86. The van der Waals surface area contributed by atoms with E-state index in [1.807, 2.05) is 18.2 Å². The number of hydrogen-bond acceptors (Lipinski definition) is 3. The number of rotatable bonds is 1. The Bertz CT molecular complexity index is 821. The van der Waals surface area contributed by atoms with Crippen molar-refractivity contribution >= 4 is 55.9 Å². The largest absolute Gasteiger partial charge is 0.383 e. The van der Waals surface area contributed by atoms with E-state index >= 15 is 0 Å². The van der Waals surface area contributed by atoms with Gasteiger partial charge in [0.1, 0.15) is 5.82 Å². The lowest BCUT2D eigenvalue weighted by molar-refractivity contribution is 1.23. The van der Waals surface area contributed by atoms with Gasteiger partial charge in [0.05, 0.1) is 10.5 Å². The molecule has 0 spiro atoms. The van der Waals surface area contributed by atoms with Crippen molar-refractivity contribution in [3.8, 4) is 11.4 Å². The molecule has 6 heteroatoms. The molecule has 1 aromatic heterocycles. The van der Waals surface area contributed by atoms with Crippen LogP contribution in [0.25, 0.3) is 22.3 Å². The van der Waals surface area contributed by atoms with Gasteiger partial charge in [0.2, 0.25) is 0 Å². The zero-order valence-electron chi connectivity index (χ0n) is 10.1. The number of fused-ring (bicyclic) bond motifs is 1. The fourth-order valence-electron chi connectivity index (χ4n) is 1.92. The van der Waals surface area contributed by atoms with Crippen molar-refractivity contribution in [3.05, 3.63) is 50.9 Å². The van der Waals surface area contributed by atoms with Crippen molar-refractivity contribution in [2.24, 2.45) is 0 Å². The smallest absolute Gasteiger partial charge is 0.163 e. The van der Waals surface area contributed by atoms with Gasteiger partial charge in [-0.25, -0.2) is 9.97 Å². The summed E-state index contributed by atoms with van der Waals surface area (Å²) in [5.74, 6) is 0.876. The Labute approximate surface area is 133 Å². The van der Waals surface area contributed by atoms with Crippen LogP contribution in [0.4, 0.5) is 5.82 Å². The molecule has 2 N–H and O–H groups in total. The highest BCUT2D eigenvalue weighted by Crippen LogP contribution is 2.31. The van der Waals surface area contributed by atoms with Crippen molar-refractivity contribution in [1.29, 1.82) is 0 Å². The topological polar surface area (TPSA) is 51.8 Å². The molecule has 0 bridgehead atoms. The summed E-state index contributed by atoms with van der Waals surface area (Å²) in [6.07, 6.45) is 0. The van der Waals surface area contributed by atoms with Crippen molar-refractivity contribution in [2.75, 3.05) is 5.73 Å². The van der Waals surface area contributed by atoms with Gasteiger partial charge in [-0.3, -0.25) is 0 Å². The summed E-state index contributed by atoms with van der Waals surface area (Å²) in [5, 5.41) is 1.89. The molecule has 0 aliphatic carbocycles. The van der Waals surface area contributed by atoms with Gasteiger partial charge in [0, 0.05) is 20.4 Å². The van der Waals surface area contributed by atoms with Gasteiger partial charge in [0.15, 0.2) is 5.82 Å². The van der Waals surface area contributed by atoms with E-state index in [0.717, 1.165) is 20.9 Å². The second-order valence-corrected chi connectivity index (χ2v) is 5.98. The minimum Gasteiger partial charge on any atom is -0.383 e. The van der Waals surface area contributed by atoms with E-state index in [4.69, 9.17) is 28.9 Å². The Morgan fingerprint density at radius 2 is 1.80 bits per heavy atom. The maximum Gasteiger partial charge on any atom is 0.163 e. The van der Waals surface area contributed by atoms with Crippen molar-refractivity contribution in [3.63, 3.8) is 0 Å². The summed E-state index contributed by atoms with van der Waals surface area (Å²) in [6.45, 7) is 0. The van der Waals surface area contributed by atoms with Gasteiger partial charge in [0.25, 0.3) is 0 Å². The minimum absolute atomic E-state index is 0.381. The van der Waals surface area contributed by atoms with E-state index in [1.165, 1.54) is 0 Å².